The van der Waals surface area contributed by atoms with Gasteiger partial charge in [-0.1, -0.05) is 39.3 Å². The summed E-state index contributed by atoms with van der Waals surface area (Å²) in [5.74, 6) is 2.79. The van der Waals surface area contributed by atoms with Crippen molar-refractivity contribution >= 4 is 35.6 Å². The van der Waals surface area contributed by atoms with Gasteiger partial charge >= 0.3 is 0 Å². The first-order valence-corrected chi connectivity index (χ1v) is 14.1. The highest BCUT2D eigenvalue weighted by Gasteiger charge is 2.28. The molecule has 2 aromatic rings. The van der Waals surface area contributed by atoms with Crippen molar-refractivity contribution in [2.75, 3.05) is 49.1 Å². The van der Waals surface area contributed by atoms with Gasteiger partial charge in [-0.15, -0.1) is 12.4 Å². The highest BCUT2D eigenvalue weighted by atomic mass is 35.5. The van der Waals surface area contributed by atoms with Crippen molar-refractivity contribution in [1.82, 2.24) is 14.9 Å². The molecule has 0 unspecified atom stereocenters. The zero-order valence-corrected chi connectivity index (χ0v) is 23.9. The molecular weight excluding hydrogens is 498 g/mol. The summed E-state index contributed by atoms with van der Waals surface area (Å²) in [6.45, 7) is 12.3. The summed E-state index contributed by atoms with van der Waals surface area (Å²) in [5.41, 5.74) is 2.64. The third-order valence-electron chi connectivity index (χ3n) is 8.09. The molecule has 5 rings (SSSR count). The lowest BCUT2D eigenvalue weighted by Crippen LogP contribution is -2.47. The Morgan fingerprint density at radius 1 is 0.921 bits per heavy atom. The van der Waals surface area contributed by atoms with E-state index in [1.165, 1.54) is 25.0 Å². The lowest BCUT2D eigenvalue weighted by Gasteiger charge is -2.36. The molecule has 0 N–H and O–H groups in total. The van der Waals surface area contributed by atoms with Crippen LogP contribution in [0.15, 0.2) is 30.3 Å². The Morgan fingerprint density at radius 2 is 1.63 bits per heavy atom. The normalized spacial score (nSPS) is 19.0. The van der Waals surface area contributed by atoms with Crippen LogP contribution in [-0.4, -0.2) is 65.8 Å². The number of fused-ring (bicyclic) bond motifs is 1. The van der Waals surface area contributed by atoms with E-state index in [2.05, 4.69) is 36.6 Å². The number of anilines is 2. The molecule has 3 aliphatic rings. The lowest BCUT2D eigenvalue weighted by molar-refractivity contribution is -0.118. The second-order valence-corrected chi connectivity index (χ2v) is 11.9. The first kappa shape index (κ1) is 28.5. The van der Waals surface area contributed by atoms with Gasteiger partial charge in [0.2, 0.25) is 5.91 Å². The number of para-hydroxylation sites is 1. The first-order valence-electron chi connectivity index (χ1n) is 14.1. The van der Waals surface area contributed by atoms with Gasteiger partial charge in [0.25, 0.3) is 0 Å². The van der Waals surface area contributed by atoms with Gasteiger partial charge < -0.3 is 9.80 Å². The molecule has 8 heteroatoms. The Hall–Kier alpha value is -2.51. The number of ketones is 1. The number of Topliss-reactive ketones (excluding diaryl/α,β-unsaturated/α-hetero) is 1. The van der Waals surface area contributed by atoms with Crippen LogP contribution in [-0.2, 0) is 10.2 Å². The van der Waals surface area contributed by atoms with E-state index in [0.29, 0.717) is 30.9 Å². The van der Waals surface area contributed by atoms with E-state index in [4.69, 9.17) is 9.97 Å². The second kappa shape index (κ2) is 12.1. The topological polar surface area (TPSA) is 69.6 Å². The van der Waals surface area contributed by atoms with Gasteiger partial charge in [0, 0.05) is 74.2 Å². The molecular formula is C30H42ClN5O2. The van der Waals surface area contributed by atoms with Crippen molar-refractivity contribution in [2.24, 2.45) is 0 Å². The fourth-order valence-corrected chi connectivity index (χ4v) is 5.48. The molecule has 7 nitrogen and oxygen atoms in total. The number of hydrogen-bond donors (Lipinski definition) is 0. The fraction of sp³-hybridized carbons (Fsp3) is 0.600. The van der Waals surface area contributed by atoms with Gasteiger partial charge in [-0.3, -0.25) is 14.5 Å². The van der Waals surface area contributed by atoms with Crippen LogP contribution >= 0.6 is 12.4 Å². The maximum absolute atomic E-state index is 12.7. The van der Waals surface area contributed by atoms with E-state index in [9.17, 15) is 9.59 Å². The van der Waals surface area contributed by atoms with Gasteiger partial charge in [-0.05, 0) is 44.4 Å². The molecule has 2 aliphatic heterocycles. The van der Waals surface area contributed by atoms with E-state index in [0.717, 1.165) is 62.9 Å². The lowest BCUT2D eigenvalue weighted by atomic mass is 9.82. The van der Waals surface area contributed by atoms with Crippen LogP contribution in [0.4, 0.5) is 11.5 Å². The minimum Gasteiger partial charge on any atom is -0.354 e. The summed E-state index contributed by atoms with van der Waals surface area (Å²) in [4.78, 5) is 41.9. The molecule has 1 saturated heterocycles. The van der Waals surface area contributed by atoms with E-state index < -0.39 is 0 Å². The van der Waals surface area contributed by atoms with Gasteiger partial charge in [0.15, 0.2) is 5.78 Å². The SMILES string of the molecule is CC(C)(C)c1nc(C2CCC2)cc(N2CCN(CCCCN3C(=O)CCC(=O)c4ccccc43)CC2)n1.Cl. The van der Waals surface area contributed by atoms with E-state index in [1.54, 1.807) is 0 Å². The standard InChI is InChI=1S/C30H41N5O2.ClH/c1-30(2,3)29-31-24(22-9-8-10-22)21-27(32-29)34-19-17-33(18-20-34)15-6-7-16-35-25-12-5-4-11-23(25)26(36)13-14-28(35)37;/h4-5,11-12,21-22H,6-10,13-20H2,1-3H3;1H. The minimum absolute atomic E-state index is 0. The zero-order chi connectivity index (χ0) is 26.0. The minimum atomic E-state index is -0.0567. The zero-order valence-electron chi connectivity index (χ0n) is 23.1. The number of benzene rings is 1. The molecule has 206 valence electrons. The molecule has 38 heavy (non-hydrogen) atoms. The maximum Gasteiger partial charge on any atom is 0.227 e. The van der Waals surface area contributed by atoms with Crippen LogP contribution in [0.1, 0.15) is 93.5 Å². The fourth-order valence-electron chi connectivity index (χ4n) is 5.48. The molecule has 1 aliphatic carbocycles. The summed E-state index contributed by atoms with van der Waals surface area (Å²) in [6.07, 6.45) is 6.38. The molecule has 0 radical (unpaired) electrons. The number of carbonyl (C=O) groups excluding carboxylic acids is 2. The Labute approximate surface area is 233 Å². The molecule has 1 saturated carbocycles. The van der Waals surface area contributed by atoms with Crippen LogP contribution in [0.2, 0.25) is 0 Å². The average Bonchev–Trinajstić information content (AvgIpc) is 2.97. The number of unbranched alkanes of at least 4 members (excludes halogenated alkanes) is 1. The van der Waals surface area contributed by atoms with Crippen LogP contribution in [0.25, 0.3) is 0 Å². The molecule has 0 atom stereocenters. The number of aromatic nitrogens is 2. The Kier molecular flexibility index (Phi) is 9.09. The molecule has 1 amide bonds. The van der Waals surface area contributed by atoms with Crippen molar-refractivity contribution in [1.29, 1.82) is 0 Å². The molecule has 1 aromatic heterocycles. The molecule has 2 fully saturated rings. The summed E-state index contributed by atoms with van der Waals surface area (Å²) < 4.78 is 0. The predicted molar refractivity (Wildman–Crippen MR) is 155 cm³/mol. The van der Waals surface area contributed by atoms with Crippen molar-refractivity contribution < 1.29 is 9.59 Å². The van der Waals surface area contributed by atoms with E-state index >= 15 is 0 Å². The number of nitrogens with zero attached hydrogens (tertiary/aromatic N) is 5. The Bertz CT molecular complexity index is 1140. The van der Waals surface area contributed by atoms with Crippen LogP contribution in [0.3, 0.4) is 0 Å². The van der Waals surface area contributed by atoms with Crippen molar-refractivity contribution in [3.05, 3.63) is 47.4 Å². The van der Waals surface area contributed by atoms with E-state index in [1.807, 2.05) is 29.2 Å². The highest BCUT2D eigenvalue weighted by molar-refractivity contribution is 6.10. The monoisotopic (exact) mass is 539 g/mol. The number of piperazine rings is 1. The Morgan fingerprint density at radius 3 is 2.32 bits per heavy atom. The second-order valence-electron chi connectivity index (χ2n) is 11.9. The molecule has 1 aromatic carbocycles. The van der Waals surface area contributed by atoms with Gasteiger partial charge in [0.05, 0.1) is 5.69 Å². The number of carbonyl (C=O) groups is 2. The first-order chi connectivity index (χ1) is 17.8. The number of halogens is 1. The summed E-state index contributed by atoms with van der Waals surface area (Å²) >= 11 is 0. The molecule has 0 bridgehead atoms. The summed E-state index contributed by atoms with van der Waals surface area (Å²) in [7, 11) is 0. The van der Waals surface area contributed by atoms with Crippen LogP contribution in [0.5, 0.6) is 0 Å². The van der Waals surface area contributed by atoms with Crippen LogP contribution < -0.4 is 9.80 Å². The quantitative estimate of drug-likeness (QED) is 0.440. The largest absolute Gasteiger partial charge is 0.354 e. The average molecular weight is 540 g/mol. The third-order valence-corrected chi connectivity index (χ3v) is 8.09. The van der Waals surface area contributed by atoms with Gasteiger partial charge in [-0.2, -0.15) is 0 Å². The van der Waals surface area contributed by atoms with E-state index in [-0.39, 0.29) is 29.5 Å². The number of hydrogen-bond acceptors (Lipinski definition) is 6. The maximum atomic E-state index is 12.7. The van der Waals surface area contributed by atoms with Gasteiger partial charge in [-0.25, -0.2) is 9.97 Å². The Balaban J connectivity index is 0.00000336. The van der Waals surface area contributed by atoms with Gasteiger partial charge in [0.1, 0.15) is 11.6 Å². The molecule has 0 spiro atoms. The highest BCUT2D eigenvalue weighted by Crippen LogP contribution is 2.37. The summed E-state index contributed by atoms with van der Waals surface area (Å²) in [5, 5.41) is 0. The van der Waals surface area contributed by atoms with Crippen LogP contribution in [0, 0.1) is 0 Å². The smallest absolute Gasteiger partial charge is 0.227 e. The summed E-state index contributed by atoms with van der Waals surface area (Å²) in [6, 6.07) is 9.79. The third kappa shape index (κ3) is 6.37. The van der Waals surface area contributed by atoms with Crippen molar-refractivity contribution in [3.63, 3.8) is 0 Å². The van der Waals surface area contributed by atoms with Crippen molar-refractivity contribution in [3.8, 4) is 0 Å². The number of amides is 1. The molecule has 3 heterocycles. The number of rotatable bonds is 7. The van der Waals surface area contributed by atoms with Crippen molar-refractivity contribution in [2.45, 2.75) is 77.0 Å². The predicted octanol–water partition coefficient (Wildman–Crippen LogP) is 5.38.